The van der Waals surface area contributed by atoms with Crippen molar-refractivity contribution in [3.63, 3.8) is 0 Å². The molecule has 3 rings (SSSR count). The first-order chi connectivity index (χ1) is 10.5. The number of anilines is 1. The molecule has 1 heterocycles. The van der Waals surface area contributed by atoms with Crippen LogP contribution in [-0.4, -0.2) is 32.1 Å². The standard InChI is InChI=1S/C15H20N2O4S/c18-14-9-12(8-11-4-2-1-3-5-11)6-7-13(14)17-10-15(19)16-22(17,20)21/h1-4,6-7,9,11,15-16,18-21H,5,8,10H2/t11-,15?/m0/s1. The normalized spacial score (nSPS) is 28.0. The minimum absolute atomic E-state index is 0.00535. The highest BCUT2D eigenvalue weighted by molar-refractivity contribution is 8.24. The van der Waals surface area contributed by atoms with E-state index in [1.54, 1.807) is 12.1 Å². The first kappa shape index (κ1) is 15.4. The molecule has 0 saturated carbocycles. The van der Waals surface area contributed by atoms with Crippen LogP contribution in [0.5, 0.6) is 5.75 Å². The molecule has 1 aromatic rings. The summed E-state index contributed by atoms with van der Waals surface area (Å²) in [6, 6.07) is 5.16. The molecule has 1 aliphatic carbocycles. The molecule has 0 bridgehead atoms. The van der Waals surface area contributed by atoms with Crippen LogP contribution in [0.2, 0.25) is 0 Å². The molecule has 5 N–H and O–H groups in total. The van der Waals surface area contributed by atoms with E-state index < -0.39 is 17.2 Å². The Labute approximate surface area is 131 Å². The fraction of sp³-hybridized carbons (Fsp3) is 0.333. The van der Waals surface area contributed by atoms with Crippen molar-refractivity contribution in [2.45, 2.75) is 19.1 Å². The Bertz CT molecular complexity index is 618. The van der Waals surface area contributed by atoms with E-state index in [2.05, 4.69) is 16.9 Å². The van der Waals surface area contributed by atoms with Crippen molar-refractivity contribution < 1.29 is 19.3 Å². The summed E-state index contributed by atoms with van der Waals surface area (Å²) in [5, 5.41) is 19.7. The number of nitrogens with one attached hydrogen (secondary N) is 1. The van der Waals surface area contributed by atoms with Crippen molar-refractivity contribution in [1.82, 2.24) is 4.72 Å². The maximum Gasteiger partial charge on any atom is 0.142 e. The summed E-state index contributed by atoms with van der Waals surface area (Å²) in [5.74, 6) is 0.384. The summed E-state index contributed by atoms with van der Waals surface area (Å²) < 4.78 is 23.3. The topological polar surface area (TPSA) is 96.2 Å². The van der Waals surface area contributed by atoms with E-state index in [-0.39, 0.29) is 12.3 Å². The Kier molecular flexibility index (Phi) is 4.16. The SMILES string of the molecule is Oc1cc(C[C@H]2C=CC=CC2)ccc1N1CC(O)NS1(O)O. The smallest absolute Gasteiger partial charge is 0.142 e. The van der Waals surface area contributed by atoms with Crippen molar-refractivity contribution in [3.05, 3.63) is 48.1 Å². The van der Waals surface area contributed by atoms with Crippen LogP contribution in [0.25, 0.3) is 0 Å². The number of hydrogen-bond donors (Lipinski definition) is 5. The highest BCUT2D eigenvalue weighted by atomic mass is 32.3. The summed E-state index contributed by atoms with van der Waals surface area (Å²) in [7, 11) is -3.30. The molecule has 0 amide bonds. The van der Waals surface area contributed by atoms with Gasteiger partial charge in [0.1, 0.15) is 17.7 Å². The van der Waals surface area contributed by atoms with Crippen LogP contribution in [-0.2, 0) is 6.42 Å². The van der Waals surface area contributed by atoms with Gasteiger partial charge in [-0.2, -0.15) is 4.72 Å². The van der Waals surface area contributed by atoms with E-state index in [0.717, 1.165) is 18.4 Å². The van der Waals surface area contributed by atoms with Gasteiger partial charge in [-0.05, 0) is 36.5 Å². The van der Waals surface area contributed by atoms with Crippen LogP contribution in [0.1, 0.15) is 12.0 Å². The van der Waals surface area contributed by atoms with E-state index in [1.165, 1.54) is 4.31 Å². The van der Waals surface area contributed by atoms with Crippen LogP contribution in [0, 0.1) is 5.92 Å². The summed E-state index contributed by atoms with van der Waals surface area (Å²) in [6.07, 6.45) is 9.05. The van der Waals surface area contributed by atoms with Gasteiger partial charge in [0.2, 0.25) is 0 Å². The lowest BCUT2D eigenvalue weighted by atomic mass is 9.93. The second kappa shape index (κ2) is 5.94. The third-order valence-corrected chi connectivity index (χ3v) is 5.36. The van der Waals surface area contributed by atoms with Gasteiger partial charge in [0.05, 0.1) is 6.54 Å². The average Bonchev–Trinajstić information content (AvgIpc) is 2.73. The zero-order chi connectivity index (χ0) is 15.7. The van der Waals surface area contributed by atoms with Crippen molar-refractivity contribution in [2.24, 2.45) is 5.92 Å². The summed E-state index contributed by atoms with van der Waals surface area (Å²) in [4.78, 5) is 0. The summed E-state index contributed by atoms with van der Waals surface area (Å²) in [5.41, 5.74) is 1.28. The number of aliphatic hydroxyl groups excluding tert-OH is 1. The monoisotopic (exact) mass is 324 g/mol. The quantitative estimate of drug-likeness (QED) is 0.586. The number of aromatic hydroxyl groups is 1. The van der Waals surface area contributed by atoms with Crippen LogP contribution in [0.15, 0.2) is 42.5 Å². The second-order valence-electron chi connectivity index (χ2n) is 5.55. The van der Waals surface area contributed by atoms with E-state index in [1.807, 2.05) is 18.2 Å². The van der Waals surface area contributed by atoms with E-state index in [4.69, 9.17) is 0 Å². The third kappa shape index (κ3) is 3.13. The minimum Gasteiger partial charge on any atom is -0.506 e. The Morgan fingerprint density at radius 2 is 2.09 bits per heavy atom. The zero-order valence-corrected chi connectivity index (χ0v) is 12.8. The maximum absolute atomic E-state index is 10.2. The molecule has 1 saturated heterocycles. The molecule has 2 atom stereocenters. The Balaban J connectivity index is 1.78. The molecular formula is C15H20N2O4S. The van der Waals surface area contributed by atoms with E-state index >= 15 is 0 Å². The fourth-order valence-electron chi connectivity index (χ4n) is 2.77. The number of phenols is 1. The molecule has 0 radical (unpaired) electrons. The number of aliphatic hydroxyl groups is 1. The van der Waals surface area contributed by atoms with E-state index in [9.17, 15) is 19.3 Å². The molecule has 22 heavy (non-hydrogen) atoms. The first-order valence-corrected chi connectivity index (χ1v) is 8.62. The molecule has 0 spiro atoms. The van der Waals surface area contributed by atoms with Gasteiger partial charge >= 0.3 is 0 Å². The predicted octanol–water partition coefficient (Wildman–Crippen LogP) is 2.38. The van der Waals surface area contributed by atoms with Crippen molar-refractivity contribution in [1.29, 1.82) is 0 Å². The van der Waals surface area contributed by atoms with Gasteiger partial charge in [-0.3, -0.25) is 13.4 Å². The predicted molar refractivity (Wildman–Crippen MR) is 87.5 cm³/mol. The number of allylic oxidation sites excluding steroid dienone is 4. The van der Waals surface area contributed by atoms with Crippen molar-refractivity contribution >= 4 is 16.6 Å². The first-order valence-electron chi connectivity index (χ1n) is 7.12. The number of phenolic OH excluding ortho intramolecular Hbond substituents is 1. The van der Waals surface area contributed by atoms with Crippen LogP contribution in [0.4, 0.5) is 5.69 Å². The van der Waals surface area contributed by atoms with Crippen molar-refractivity contribution in [3.8, 4) is 5.75 Å². The molecule has 1 unspecified atom stereocenters. The van der Waals surface area contributed by atoms with Crippen molar-refractivity contribution in [2.75, 3.05) is 10.8 Å². The average molecular weight is 324 g/mol. The molecule has 120 valence electrons. The Morgan fingerprint density at radius 3 is 2.68 bits per heavy atom. The minimum atomic E-state index is -3.30. The second-order valence-corrected chi connectivity index (χ2v) is 7.26. The van der Waals surface area contributed by atoms with Crippen LogP contribution < -0.4 is 9.03 Å². The molecular weight excluding hydrogens is 304 g/mol. The molecule has 1 fully saturated rings. The number of nitrogens with zero attached hydrogens (tertiary/aromatic N) is 1. The van der Waals surface area contributed by atoms with Gasteiger partial charge < -0.3 is 10.2 Å². The number of β-amino-alcohol motifs (C(OH)–C–C–N with tert-alkyl or cyclic N) is 1. The molecule has 7 heteroatoms. The number of benzene rings is 1. The van der Waals surface area contributed by atoms with E-state index in [0.29, 0.717) is 11.6 Å². The lowest BCUT2D eigenvalue weighted by molar-refractivity contribution is 0.182. The number of hydrogen-bond acceptors (Lipinski definition) is 6. The zero-order valence-electron chi connectivity index (χ0n) is 12.0. The van der Waals surface area contributed by atoms with Gasteiger partial charge in [0, 0.05) is 0 Å². The van der Waals surface area contributed by atoms with Gasteiger partial charge in [0.15, 0.2) is 0 Å². The highest BCUT2D eigenvalue weighted by Gasteiger charge is 2.36. The molecule has 1 aromatic carbocycles. The van der Waals surface area contributed by atoms with Crippen LogP contribution >= 0.6 is 11.0 Å². The molecule has 0 aromatic heterocycles. The van der Waals surface area contributed by atoms with Gasteiger partial charge in [-0.25, -0.2) is 0 Å². The summed E-state index contributed by atoms with van der Waals surface area (Å²) >= 11 is 0. The lowest BCUT2D eigenvalue weighted by Crippen LogP contribution is -2.25. The van der Waals surface area contributed by atoms with Gasteiger partial charge in [-0.15, -0.1) is 0 Å². The molecule has 1 aliphatic heterocycles. The van der Waals surface area contributed by atoms with Gasteiger partial charge in [0.25, 0.3) is 0 Å². The third-order valence-electron chi connectivity index (χ3n) is 3.82. The highest BCUT2D eigenvalue weighted by Crippen LogP contribution is 2.49. The largest absolute Gasteiger partial charge is 0.506 e. The Morgan fingerprint density at radius 1 is 1.27 bits per heavy atom. The summed E-state index contributed by atoms with van der Waals surface area (Å²) in [6.45, 7) is 0.00535. The fourth-order valence-corrected chi connectivity index (χ4v) is 4.12. The maximum atomic E-state index is 10.2. The lowest BCUT2D eigenvalue weighted by Gasteiger charge is -2.36. The Hall–Kier alpha value is -1.51. The number of rotatable bonds is 3. The van der Waals surface area contributed by atoms with Crippen LogP contribution in [0.3, 0.4) is 0 Å². The molecule has 2 aliphatic rings. The van der Waals surface area contributed by atoms with Gasteiger partial charge in [-0.1, -0.05) is 41.3 Å². The molecule has 6 nitrogen and oxygen atoms in total.